The molecule has 0 amide bonds. The van der Waals surface area contributed by atoms with Gasteiger partial charge in [-0.3, -0.25) is 0 Å². The van der Waals surface area contributed by atoms with Crippen LogP contribution < -0.4 is 4.74 Å². The molecule has 3 rings (SSSR count). The molecule has 0 atom stereocenters. The molecule has 0 aliphatic rings. The van der Waals surface area contributed by atoms with Crippen LogP contribution in [-0.2, 0) is 16.1 Å². The zero-order valence-electron chi connectivity index (χ0n) is 14.5. The van der Waals surface area contributed by atoms with Gasteiger partial charge in [0, 0.05) is 17.7 Å². The maximum absolute atomic E-state index is 11.3. The fourth-order valence-corrected chi connectivity index (χ4v) is 2.68. The fourth-order valence-electron chi connectivity index (χ4n) is 2.68. The van der Waals surface area contributed by atoms with Gasteiger partial charge in [0.2, 0.25) is 0 Å². The number of benzene rings is 3. The highest BCUT2D eigenvalue weighted by Gasteiger charge is 2.05. The van der Waals surface area contributed by atoms with E-state index in [1.165, 1.54) is 18.2 Å². The molecule has 4 nitrogen and oxygen atoms in total. The first-order chi connectivity index (χ1) is 12.7. The predicted octanol–water partition coefficient (Wildman–Crippen LogP) is 4.70. The Labute approximate surface area is 152 Å². The van der Waals surface area contributed by atoms with E-state index >= 15 is 0 Å². The molecule has 0 unspecified atom stereocenters. The van der Waals surface area contributed by atoms with Gasteiger partial charge in [0.05, 0.1) is 6.61 Å². The number of hydrogen-bond acceptors (Lipinski definition) is 4. The van der Waals surface area contributed by atoms with E-state index in [1.807, 2.05) is 24.3 Å². The lowest BCUT2D eigenvalue weighted by molar-refractivity contribution is -0.137. The Morgan fingerprint density at radius 3 is 2.69 bits per heavy atom. The molecule has 4 heteroatoms. The molecule has 132 valence electrons. The molecule has 0 aliphatic carbocycles. The third-order valence-electron chi connectivity index (χ3n) is 3.96. The molecular weight excluding hydrogens is 328 g/mol. The molecule has 0 saturated heterocycles. The van der Waals surface area contributed by atoms with E-state index in [0.29, 0.717) is 24.5 Å². The number of phenolic OH excluding ortho intramolecular Hbond substituents is 1. The molecule has 0 heterocycles. The summed E-state index contributed by atoms with van der Waals surface area (Å²) >= 11 is 0. The van der Waals surface area contributed by atoms with Gasteiger partial charge in [-0.05, 0) is 41.5 Å². The van der Waals surface area contributed by atoms with Crippen LogP contribution in [0, 0.1) is 0 Å². The standard InChI is InChI=1S/C22H20O4/c1-2-25-22(24)13-11-17-10-12-19(14-21(17)23)26-15-18-8-5-7-16-6-3-4-9-20(16)18/h3-14,23H,2,15H2,1H3/b13-11+. The lowest BCUT2D eigenvalue weighted by atomic mass is 10.1. The van der Waals surface area contributed by atoms with E-state index in [4.69, 9.17) is 9.47 Å². The molecular formula is C22H20O4. The van der Waals surface area contributed by atoms with Crippen molar-refractivity contribution in [1.82, 2.24) is 0 Å². The van der Waals surface area contributed by atoms with Gasteiger partial charge in [-0.15, -0.1) is 0 Å². The van der Waals surface area contributed by atoms with Gasteiger partial charge in [0.1, 0.15) is 18.1 Å². The van der Waals surface area contributed by atoms with Crippen molar-refractivity contribution in [2.75, 3.05) is 6.61 Å². The number of carbonyl (C=O) groups excluding carboxylic acids is 1. The Morgan fingerprint density at radius 2 is 1.88 bits per heavy atom. The van der Waals surface area contributed by atoms with Crippen LogP contribution in [0.1, 0.15) is 18.1 Å². The van der Waals surface area contributed by atoms with Crippen molar-refractivity contribution in [3.05, 3.63) is 77.9 Å². The van der Waals surface area contributed by atoms with Crippen LogP contribution in [-0.4, -0.2) is 17.7 Å². The van der Waals surface area contributed by atoms with Gasteiger partial charge in [-0.2, -0.15) is 0 Å². The van der Waals surface area contributed by atoms with E-state index in [2.05, 4.69) is 18.2 Å². The van der Waals surface area contributed by atoms with Crippen molar-refractivity contribution in [3.8, 4) is 11.5 Å². The summed E-state index contributed by atoms with van der Waals surface area (Å²) in [6, 6.07) is 19.2. The summed E-state index contributed by atoms with van der Waals surface area (Å²) in [6.07, 6.45) is 2.80. The Balaban J connectivity index is 1.71. The highest BCUT2D eigenvalue weighted by molar-refractivity contribution is 5.87. The number of ether oxygens (including phenoxy) is 2. The van der Waals surface area contributed by atoms with Crippen molar-refractivity contribution < 1.29 is 19.4 Å². The summed E-state index contributed by atoms with van der Waals surface area (Å²) < 4.78 is 10.6. The molecule has 0 bridgehead atoms. The number of carbonyl (C=O) groups is 1. The normalized spacial score (nSPS) is 11.0. The molecule has 0 aliphatic heterocycles. The van der Waals surface area contributed by atoms with Gasteiger partial charge in [0.25, 0.3) is 0 Å². The fraction of sp³-hybridized carbons (Fsp3) is 0.136. The molecule has 0 saturated carbocycles. The summed E-state index contributed by atoms with van der Waals surface area (Å²) in [6.45, 7) is 2.46. The minimum absolute atomic E-state index is 0.0426. The second-order valence-electron chi connectivity index (χ2n) is 5.73. The van der Waals surface area contributed by atoms with Crippen LogP contribution in [0.4, 0.5) is 0 Å². The maximum atomic E-state index is 11.3. The van der Waals surface area contributed by atoms with Crippen molar-refractivity contribution in [2.24, 2.45) is 0 Å². The van der Waals surface area contributed by atoms with Crippen LogP contribution in [0.2, 0.25) is 0 Å². The maximum Gasteiger partial charge on any atom is 0.330 e. The second-order valence-corrected chi connectivity index (χ2v) is 5.73. The smallest absolute Gasteiger partial charge is 0.330 e. The number of esters is 1. The van der Waals surface area contributed by atoms with Gasteiger partial charge in [0.15, 0.2) is 0 Å². The Bertz CT molecular complexity index is 939. The number of rotatable bonds is 6. The Kier molecular flexibility index (Phi) is 5.54. The van der Waals surface area contributed by atoms with Crippen molar-refractivity contribution in [2.45, 2.75) is 13.5 Å². The number of phenols is 1. The van der Waals surface area contributed by atoms with Crippen LogP contribution in [0.25, 0.3) is 16.8 Å². The molecule has 0 aromatic heterocycles. The molecule has 0 spiro atoms. The lowest BCUT2D eigenvalue weighted by Gasteiger charge is -2.10. The third-order valence-corrected chi connectivity index (χ3v) is 3.96. The SMILES string of the molecule is CCOC(=O)/C=C/c1ccc(OCc2cccc3ccccc23)cc1O. The average molecular weight is 348 g/mol. The first-order valence-corrected chi connectivity index (χ1v) is 8.44. The Morgan fingerprint density at radius 1 is 1.08 bits per heavy atom. The van der Waals surface area contributed by atoms with E-state index in [9.17, 15) is 9.90 Å². The number of aromatic hydroxyl groups is 1. The quantitative estimate of drug-likeness (QED) is 0.518. The summed E-state index contributed by atoms with van der Waals surface area (Å²) in [5, 5.41) is 12.4. The molecule has 0 radical (unpaired) electrons. The summed E-state index contributed by atoms with van der Waals surface area (Å²) in [4.78, 5) is 11.3. The molecule has 3 aromatic carbocycles. The van der Waals surface area contributed by atoms with E-state index in [-0.39, 0.29) is 5.75 Å². The Hall–Kier alpha value is -3.27. The van der Waals surface area contributed by atoms with Crippen LogP contribution in [0.3, 0.4) is 0 Å². The zero-order chi connectivity index (χ0) is 18.4. The highest BCUT2D eigenvalue weighted by atomic mass is 16.5. The van der Waals surface area contributed by atoms with Crippen molar-refractivity contribution in [1.29, 1.82) is 0 Å². The van der Waals surface area contributed by atoms with Gasteiger partial charge in [-0.25, -0.2) is 4.79 Å². The monoisotopic (exact) mass is 348 g/mol. The summed E-state index contributed by atoms with van der Waals surface area (Å²) in [5.41, 5.74) is 1.60. The highest BCUT2D eigenvalue weighted by Crippen LogP contribution is 2.26. The molecule has 3 aromatic rings. The average Bonchev–Trinajstić information content (AvgIpc) is 2.66. The van der Waals surface area contributed by atoms with Crippen LogP contribution in [0.5, 0.6) is 11.5 Å². The van der Waals surface area contributed by atoms with Gasteiger partial charge < -0.3 is 14.6 Å². The van der Waals surface area contributed by atoms with E-state index < -0.39 is 5.97 Å². The van der Waals surface area contributed by atoms with Crippen molar-refractivity contribution in [3.63, 3.8) is 0 Å². The molecule has 26 heavy (non-hydrogen) atoms. The van der Waals surface area contributed by atoms with E-state index in [0.717, 1.165) is 16.3 Å². The zero-order valence-corrected chi connectivity index (χ0v) is 14.5. The molecule has 1 N–H and O–H groups in total. The second kappa shape index (κ2) is 8.21. The van der Waals surface area contributed by atoms with E-state index in [1.54, 1.807) is 19.1 Å². The lowest BCUT2D eigenvalue weighted by Crippen LogP contribution is -1.98. The van der Waals surface area contributed by atoms with Crippen molar-refractivity contribution >= 4 is 22.8 Å². The minimum Gasteiger partial charge on any atom is -0.507 e. The summed E-state index contributed by atoms with van der Waals surface area (Å²) in [7, 11) is 0. The van der Waals surface area contributed by atoms with Gasteiger partial charge >= 0.3 is 5.97 Å². The van der Waals surface area contributed by atoms with Crippen LogP contribution in [0.15, 0.2) is 66.7 Å². The number of hydrogen-bond donors (Lipinski definition) is 1. The predicted molar refractivity (Wildman–Crippen MR) is 102 cm³/mol. The topological polar surface area (TPSA) is 55.8 Å². The summed E-state index contributed by atoms with van der Waals surface area (Å²) in [5.74, 6) is 0.160. The third kappa shape index (κ3) is 4.22. The van der Waals surface area contributed by atoms with Crippen LogP contribution >= 0.6 is 0 Å². The first-order valence-electron chi connectivity index (χ1n) is 8.44. The largest absolute Gasteiger partial charge is 0.507 e. The molecule has 0 fully saturated rings. The van der Waals surface area contributed by atoms with Gasteiger partial charge in [-0.1, -0.05) is 42.5 Å². The first kappa shape index (κ1) is 17.5. The number of fused-ring (bicyclic) bond motifs is 1. The minimum atomic E-state index is -0.441.